The normalized spacial score (nSPS) is 10.7. The van der Waals surface area contributed by atoms with Gasteiger partial charge >= 0.3 is 5.97 Å². The molecule has 29 heavy (non-hydrogen) atoms. The van der Waals surface area contributed by atoms with Gasteiger partial charge in [0.05, 0.1) is 17.9 Å². The molecule has 10 heteroatoms. The Bertz CT molecular complexity index is 1050. The molecule has 2 aromatic heterocycles. The van der Waals surface area contributed by atoms with Gasteiger partial charge in [0.2, 0.25) is 0 Å². The van der Waals surface area contributed by atoms with Crippen molar-refractivity contribution in [3.63, 3.8) is 0 Å². The van der Waals surface area contributed by atoms with E-state index in [1.807, 2.05) is 0 Å². The number of nitrogen functional groups attached to an aromatic ring is 1. The lowest BCUT2D eigenvalue weighted by Gasteiger charge is -2.11. The molecule has 0 bridgehead atoms. The molecular weight excluding hydrogens is 383 g/mol. The van der Waals surface area contributed by atoms with E-state index in [1.165, 1.54) is 37.6 Å². The maximum Gasteiger partial charge on any atom is 0.337 e. The average molecular weight is 400 g/mol. The largest absolute Gasteiger partial charge is 0.488 e. The van der Waals surface area contributed by atoms with Crippen LogP contribution in [0.4, 0.5) is 10.1 Å². The van der Waals surface area contributed by atoms with Crippen LogP contribution in [-0.2, 0) is 4.74 Å². The van der Waals surface area contributed by atoms with Gasteiger partial charge in [0.15, 0.2) is 17.3 Å². The summed E-state index contributed by atoms with van der Waals surface area (Å²) in [5.41, 5.74) is 6.69. The summed E-state index contributed by atoms with van der Waals surface area (Å²) in [6, 6.07) is 6.65. The predicted molar refractivity (Wildman–Crippen MR) is 101 cm³/mol. The summed E-state index contributed by atoms with van der Waals surface area (Å²) in [5.74, 6) is -1.78. The molecule has 0 atom stereocenters. The fraction of sp³-hybridized carbons (Fsp3) is 0.158. The van der Waals surface area contributed by atoms with Crippen LogP contribution in [-0.4, -0.2) is 47.3 Å². The number of anilines is 1. The Labute approximate surface area is 164 Å². The summed E-state index contributed by atoms with van der Waals surface area (Å²) < 4.78 is 29.5. The molecule has 0 saturated heterocycles. The first kappa shape index (κ1) is 20.0. The highest BCUT2D eigenvalue weighted by Crippen LogP contribution is 2.27. The van der Waals surface area contributed by atoms with Crippen LogP contribution in [0.1, 0.15) is 21.7 Å². The number of halogens is 1. The molecule has 2 heterocycles. The van der Waals surface area contributed by atoms with Gasteiger partial charge in [0, 0.05) is 36.7 Å². The van der Waals surface area contributed by atoms with Crippen molar-refractivity contribution in [1.82, 2.24) is 10.1 Å². The Morgan fingerprint density at radius 3 is 2.72 bits per heavy atom. The minimum absolute atomic E-state index is 0.0290. The van der Waals surface area contributed by atoms with Gasteiger partial charge in [0.1, 0.15) is 18.0 Å². The number of pyridine rings is 1. The molecule has 0 amide bonds. The van der Waals surface area contributed by atoms with Gasteiger partial charge in [-0.15, -0.1) is 0 Å². The van der Waals surface area contributed by atoms with Crippen LogP contribution in [0.15, 0.2) is 41.1 Å². The quantitative estimate of drug-likeness (QED) is 0.297. The second-order valence-electron chi connectivity index (χ2n) is 5.90. The number of benzene rings is 1. The first-order valence-corrected chi connectivity index (χ1v) is 8.37. The number of nitrogens with one attached hydrogen (secondary N) is 1. The number of nitrogens with two attached hydrogens (primary N) is 1. The van der Waals surface area contributed by atoms with Crippen LogP contribution < -0.4 is 10.5 Å². The molecule has 1 aromatic carbocycles. The molecule has 3 rings (SSSR count). The molecule has 0 aliphatic heterocycles. The summed E-state index contributed by atoms with van der Waals surface area (Å²) in [6.45, 7) is 0.446. The van der Waals surface area contributed by atoms with Crippen LogP contribution in [0.3, 0.4) is 0 Å². The van der Waals surface area contributed by atoms with Gasteiger partial charge in [-0.05, 0) is 18.2 Å². The van der Waals surface area contributed by atoms with Crippen molar-refractivity contribution in [3.05, 3.63) is 59.2 Å². The van der Waals surface area contributed by atoms with Crippen LogP contribution >= 0.6 is 0 Å². The molecule has 9 nitrogen and oxygen atoms in total. The zero-order chi connectivity index (χ0) is 21.0. The number of aromatic carboxylic acids is 1. The zero-order valence-electron chi connectivity index (χ0n) is 15.3. The van der Waals surface area contributed by atoms with Gasteiger partial charge in [0.25, 0.3) is 0 Å². The lowest BCUT2D eigenvalue weighted by atomic mass is 10.0. The smallest absolute Gasteiger partial charge is 0.337 e. The van der Waals surface area contributed by atoms with E-state index in [1.54, 1.807) is 0 Å². The Morgan fingerprint density at radius 1 is 1.28 bits per heavy atom. The first-order valence-electron chi connectivity index (χ1n) is 8.37. The van der Waals surface area contributed by atoms with Gasteiger partial charge < -0.3 is 24.8 Å². The number of methoxy groups -OCH3 is 1. The minimum Gasteiger partial charge on any atom is -0.488 e. The molecule has 0 aliphatic rings. The maximum atomic E-state index is 14.3. The predicted octanol–water partition coefficient (Wildman–Crippen LogP) is 2.60. The van der Waals surface area contributed by atoms with Crippen LogP contribution in [0, 0.1) is 11.2 Å². The van der Waals surface area contributed by atoms with E-state index in [4.69, 9.17) is 30.2 Å². The second kappa shape index (κ2) is 8.48. The lowest BCUT2D eigenvalue weighted by molar-refractivity contribution is 0.0696. The molecule has 150 valence electrons. The summed E-state index contributed by atoms with van der Waals surface area (Å²) in [5, 5.41) is 21.0. The highest BCUT2D eigenvalue weighted by molar-refractivity contribution is 6.12. The van der Waals surface area contributed by atoms with Gasteiger partial charge in [-0.1, -0.05) is 5.16 Å². The van der Waals surface area contributed by atoms with E-state index < -0.39 is 11.8 Å². The SMILES string of the molecule is COCCOc1cc(N)c(C(=N)c2cc(-c3ccc(C(=O)O)cn3)no2)cc1F. The Morgan fingerprint density at radius 2 is 2.07 bits per heavy atom. The third kappa shape index (κ3) is 4.38. The molecule has 0 spiro atoms. The maximum absolute atomic E-state index is 14.3. The Kier molecular flexibility index (Phi) is 5.84. The number of rotatable bonds is 8. The van der Waals surface area contributed by atoms with Crippen molar-refractivity contribution in [2.45, 2.75) is 0 Å². The topological polar surface area (TPSA) is 145 Å². The number of nitrogens with zero attached hydrogens (tertiary/aromatic N) is 2. The highest BCUT2D eigenvalue weighted by atomic mass is 19.1. The van der Waals surface area contributed by atoms with E-state index in [9.17, 15) is 9.18 Å². The molecule has 0 unspecified atom stereocenters. The zero-order valence-corrected chi connectivity index (χ0v) is 15.3. The molecule has 0 fully saturated rings. The highest BCUT2D eigenvalue weighted by Gasteiger charge is 2.19. The number of ether oxygens (including phenoxy) is 2. The molecule has 0 saturated carbocycles. The van der Waals surface area contributed by atoms with Gasteiger partial charge in [-0.3, -0.25) is 10.4 Å². The van der Waals surface area contributed by atoms with Crippen molar-refractivity contribution >= 4 is 17.4 Å². The number of carbonyl (C=O) groups is 1. The van der Waals surface area contributed by atoms with E-state index >= 15 is 0 Å². The van der Waals surface area contributed by atoms with E-state index in [2.05, 4.69) is 10.1 Å². The number of hydrogen-bond acceptors (Lipinski definition) is 8. The first-order chi connectivity index (χ1) is 13.9. The Balaban J connectivity index is 1.82. The van der Waals surface area contributed by atoms with Crippen LogP contribution in [0.25, 0.3) is 11.4 Å². The van der Waals surface area contributed by atoms with E-state index in [0.717, 1.165) is 6.07 Å². The van der Waals surface area contributed by atoms with Crippen molar-refractivity contribution < 1.29 is 28.3 Å². The van der Waals surface area contributed by atoms with Gasteiger partial charge in [-0.2, -0.15) is 0 Å². The summed E-state index contributed by atoms with van der Waals surface area (Å²) in [4.78, 5) is 14.9. The van der Waals surface area contributed by atoms with Crippen LogP contribution in [0.2, 0.25) is 0 Å². The third-order valence-electron chi connectivity index (χ3n) is 3.95. The monoisotopic (exact) mass is 400 g/mol. The van der Waals surface area contributed by atoms with Crippen LogP contribution in [0.5, 0.6) is 5.75 Å². The second-order valence-corrected chi connectivity index (χ2v) is 5.90. The molecule has 4 N–H and O–H groups in total. The minimum atomic E-state index is -1.10. The number of carboxylic acid groups (broad SMARTS) is 1. The molecule has 0 aliphatic carbocycles. The summed E-state index contributed by atoms with van der Waals surface area (Å²) in [6.07, 6.45) is 1.19. The number of hydrogen-bond donors (Lipinski definition) is 3. The van der Waals surface area contributed by atoms with Crippen molar-refractivity contribution in [1.29, 1.82) is 5.41 Å². The summed E-state index contributed by atoms with van der Waals surface area (Å²) >= 11 is 0. The number of aromatic nitrogens is 2. The summed E-state index contributed by atoms with van der Waals surface area (Å²) in [7, 11) is 1.50. The van der Waals surface area contributed by atoms with Crippen molar-refractivity contribution in [3.8, 4) is 17.1 Å². The van der Waals surface area contributed by atoms with Gasteiger partial charge in [-0.25, -0.2) is 9.18 Å². The fourth-order valence-electron chi connectivity index (χ4n) is 2.45. The average Bonchev–Trinajstić information content (AvgIpc) is 3.20. The van der Waals surface area contributed by atoms with Crippen molar-refractivity contribution in [2.24, 2.45) is 0 Å². The number of carboxylic acids is 1. The van der Waals surface area contributed by atoms with E-state index in [0.29, 0.717) is 18.0 Å². The Hall–Kier alpha value is -3.79. The van der Waals surface area contributed by atoms with E-state index in [-0.39, 0.29) is 40.6 Å². The standard InChI is InChI=1S/C19H17FN4O5/c1-27-4-5-28-16-7-13(21)11(6-12(16)20)18(22)17-8-15(24-29-17)14-3-2-10(9-23-14)19(25)26/h2-3,6-9,22H,4-5,21H2,1H3,(H,25,26). The van der Waals surface area contributed by atoms with Crippen molar-refractivity contribution in [2.75, 3.05) is 26.1 Å². The third-order valence-corrected chi connectivity index (χ3v) is 3.95. The molecule has 0 radical (unpaired) electrons. The lowest BCUT2D eigenvalue weighted by Crippen LogP contribution is -2.09. The molecular formula is C19H17FN4O5. The fourth-order valence-corrected chi connectivity index (χ4v) is 2.45. The molecule has 3 aromatic rings.